The van der Waals surface area contributed by atoms with E-state index in [-0.39, 0.29) is 52.3 Å². The molecule has 0 bridgehead atoms. The van der Waals surface area contributed by atoms with Crippen molar-refractivity contribution in [3.63, 3.8) is 0 Å². The highest BCUT2D eigenvalue weighted by molar-refractivity contribution is 5.90. The summed E-state index contributed by atoms with van der Waals surface area (Å²) in [4.78, 5) is 11.2. The number of nitrogens with zero attached hydrogens (tertiary/aromatic N) is 2. The van der Waals surface area contributed by atoms with Crippen molar-refractivity contribution in [1.82, 2.24) is 9.97 Å². The van der Waals surface area contributed by atoms with E-state index in [0.717, 1.165) is 25.0 Å². The largest absolute Gasteiger partial charge is 0.464 e. The minimum atomic E-state index is -4.49. The smallest absolute Gasteiger partial charge is 0.398 e. The van der Waals surface area contributed by atoms with E-state index in [4.69, 9.17) is 14.2 Å². The van der Waals surface area contributed by atoms with Crippen molar-refractivity contribution in [2.24, 2.45) is 10.4 Å². The molecule has 7 nitrogen and oxygen atoms in total. The van der Waals surface area contributed by atoms with Gasteiger partial charge in [-0.15, -0.1) is 0 Å². The second kappa shape index (κ2) is 9.11. The molecular weight excluding hydrogens is 511 g/mol. The van der Waals surface area contributed by atoms with Crippen molar-refractivity contribution in [2.45, 2.75) is 43.7 Å². The molecule has 38 heavy (non-hydrogen) atoms. The number of rotatable bonds is 4. The molecule has 6 rings (SSSR count). The van der Waals surface area contributed by atoms with Gasteiger partial charge in [-0.05, 0) is 37.3 Å². The molecule has 1 saturated heterocycles. The number of aliphatic imine (C=N–C) groups is 1. The van der Waals surface area contributed by atoms with Crippen LogP contribution in [0.25, 0.3) is 11.0 Å². The van der Waals surface area contributed by atoms with E-state index >= 15 is 8.78 Å². The summed E-state index contributed by atoms with van der Waals surface area (Å²) in [6.45, 7) is 2.22. The fraction of sp³-hybridized carbons (Fsp3) is 0.462. The number of hydrogen-bond donors (Lipinski definition) is 2. The monoisotopic (exact) mass is 536 g/mol. The summed E-state index contributed by atoms with van der Waals surface area (Å²) in [5, 5.41) is 2.84. The summed E-state index contributed by atoms with van der Waals surface area (Å²) in [5.41, 5.74) is -1.98. The molecule has 0 unspecified atom stereocenters. The van der Waals surface area contributed by atoms with Crippen molar-refractivity contribution in [3.8, 4) is 11.5 Å². The molecule has 4 heterocycles. The minimum Gasteiger partial charge on any atom is -0.464 e. The van der Waals surface area contributed by atoms with Crippen LogP contribution in [0, 0.1) is 17.0 Å². The zero-order chi connectivity index (χ0) is 26.5. The molecule has 0 radical (unpaired) electrons. The Morgan fingerprint density at radius 3 is 2.39 bits per heavy atom. The Morgan fingerprint density at radius 2 is 1.79 bits per heavy atom. The van der Waals surface area contributed by atoms with Crippen molar-refractivity contribution in [1.29, 1.82) is 0 Å². The highest BCUT2D eigenvalue weighted by Gasteiger charge is 2.60. The number of H-pyrrole nitrogens is 1. The normalized spacial score (nSPS) is 20.5. The SMILES string of the molecule is Fc1cc(NC2=NCC3(CCOCC3)CO2)cc(F)c1Oc1ccnc2[nH]cc(C3(C(F)(F)F)CCC3)c12. The van der Waals surface area contributed by atoms with E-state index < -0.39 is 29.0 Å². The number of aromatic amines is 1. The second-order valence-corrected chi connectivity index (χ2v) is 10.2. The van der Waals surface area contributed by atoms with Gasteiger partial charge in [-0.1, -0.05) is 6.42 Å². The number of nitrogens with one attached hydrogen (secondary N) is 2. The maximum atomic E-state index is 15.1. The summed E-state index contributed by atoms with van der Waals surface area (Å²) in [6.07, 6.45) is -0.0246. The van der Waals surface area contributed by atoms with E-state index in [0.29, 0.717) is 32.8 Å². The number of anilines is 1. The third kappa shape index (κ3) is 4.14. The molecule has 2 aliphatic heterocycles. The van der Waals surface area contributed by atoms with Crippen LogP contribution in [0.2, 0.25) is 0 Å². The van der Waals surface area contributed by atoms with Gasteiger partial charge in [0.05, 0.1) is 24.0 Å². The Balaban J connectivity index is 1.26. The predicted molar refractivity (Wildman–Crippen MR) is 128 cm³/mol. The molecule has 1 aromatic carbocycles. The average molecular weight is 537 g/mol. The van der Waals surface area contributed by atoms with E-state index in [1.807, 2.05) is 0 Å². The van der Waals surface area contributed by atoms with Crippen LogP contribution in [0.3, 0.4) is 0 Å². The number of amidine groups is 1. The number of fused-ring (bicyclic) bond motifs is 1. The summed E-state index contributed by atoms with van der Waals surface area (Å²) in [7, 11) is 0. The number of aromatic nitrogens is 2. The summed E-state index contributed by atoms with van der Waals surface area (Å²) < 4.78 is 88.9. The van der Waals surface area contributed by atoms with Crippen LogP contribution in [0.4, 0.5) is 27.6 Å². The van der Waals surface area contributed by atoms with Crippen LogP contribution < -0.4 is 10.1 Å². The fourth-order valence-corrected chi connectivity index (χ4v) is 5.42. The number of benzene rings is 1. The Morgan fingerprint density at radius 1 is 1.05 bits per heavy atom. The van der Waals surface area contributed by atoms with Gasteiger partial charge >= 0.3 is 6.18 Å². The highest BCUT2D eigenvalue weighted by atomic mass is 19.4. The van der Waals surface area contributed by atoms with Gasteiger partial charge in [-0.25, -0.2) is 18.8 Å². The van der Waals surface area contributed by atoms with E-state index in [1.165, 1.54) is 18.5 Å². The molecule has 1 saturated carbocycles. The lowest BCUT2D eigenvalue weighted by Gasteiger charge is -2.43. The fourth-order valence-electron chi connectivity index (χ4n) is 5.42. The first-order valence-corrected chi connectivity index (χ1v) is 12.4. The van der Waals surface area contributed by atoms with E-state index in [2.05, 4.69) is 20.3 Å². The lowest BCUT2D eigenvalue weighted by Crippen LogP contribution is -2.47. The molecule has 2 aromatic heterocycles. The number of pyridine rings is 1. The number of halogens is 5. The minimum absolute atomic E-state index is 0.0387. The molecule has 12 heteroatoms. The third-order valence-corrected chi connectivity index (χ3v) is 7.89. The highest BCUT2D eigenvalue weighted by Crippen LogP contribution is 2.57. The van der Waals surface area contributed by atoms with Gasteiger partial charge in [0.15, 0.2) is 17.4 Å². The predicted octanol–water partition coefficient (Wildman–Crippen LogP) is 6.21. The molecule has 1 aliphatic carbocycles. The standard InChI is InChI=1S/C26H25F5N4O3/c27-17-10-15(35-23-34-13-24(14-37-23)5-8-36-9-6-24)11-18(28)21(17)38-19-2-7-32-22-20(19)16(12-33-22)25(3-1-4-25)26(29,30)31/h2,7,10-12H,1,3-6,8-9,13-14H2,(H,32,33)(H,34,35). The van der Waals surface area contributed by atoms with Gasteiger partial charge in [0, 0.05) is 48.8 Å². The van der Waals surface area contributed by atoms with Crippen LogP contribution in [0.15, 0.2) is 35.6 Å². The number of ether oxygens (including phenoxy) is 3. The maximum Gasteiger partial charge on any atom is 0.398 e. The Hall–Kier alpha value is -3.41. The Labute approximate surface area is 214 Å². The van der Waals surface area contributed by atoms with Crippen LogP contribution >= 0.6 is 0 Å². The van der Waals surface area contributed by atoms with Crippen LogP contribution in [0.1, 0.15) is 37.7 Å². The van der Waals surface area contributed by atoms with Crippen LogP contribution in [0.5, 0.6) is 11.5 Å². The van der Waals surface area contributed by atoms with Gasteiger partial charge in [-0.2, -0.15) is 13.2 Å². The molecule has 2 N–H and O–H groups in total. The Bertz CT molecular complexity index is 1370. The molecule has 2 fully saturated rings. The number of alkyl halides is 3. The molecule has 0 atom stereocenters. The van der Waals surface area contributed by atoms with Gasteiger partial charge in [0.2, 0.25) is 0 Å². The van der Waals surface area contributed by atoms with Gasteiger partial charge in [0.25, 0.3) is 6.02 Å². The zero-order valence-corrected chi connectivity index (χ0v) is 20.3. The lowest BCUT2D eigenvalue weighted by atomic mass is 9.64. The lowest BCUT2D eigenvalue weighted by molar-refractivity contribution is -0.212. The summed E-state index contributed by atoms with van der Waals surface area (Å²) in [6, 6.07) is 3.48. The second-order valence-electron chi connectivity index (χ2n) is 10.2. The molecule has 3 aliphatic rings. The summed E-state index contributed by atoms with van der Waals surface area (Å²) >= 11 is 0. The van der Waals surface area contributed by atoms with Gasteiger partial charge in [0.1, 0.15) is 11.4 Å². The van der Waals surface area contributed by atoms with Gasteiger partial charge in [-0.3, -0.25) is 0 Å². The zero-order valence-electron chi connectivity index (χ0n) is 20.3. The molecular formula is C26H25F5N4O3. The molecule has 1 spiro atoms. The van der Waals surface area contributed by atoms with E-state index in [1.54, 1.807) is 0 Å². The topological polar surface area (TPSA) is 80.8 Å². The quantitative estimate of drug-likeness (QED) is 0.388. The molecule has 202 valence electrons. The molecule has 0 amide bonds. The van der Waals surface area contributed by atoms with Crippen LogP contribution in [-0.2, 0) is 14.9 Å². The van der Waals surface area contributed by atoms with Crippen molar-refractivity contribution < 1.29 is 36.2 Å². The van der Waals surface area contributed by atoms with E-state index in [9.17, 15) is 13.2 Å². The molecule has 3 aromatic rings. The van der Waals surface area contributed by atoms with Crippen molar-refractivity contribution in [3.05, 3.63) is 47.8 Å². The van der Waals surface area contributed by atoms with Gasteiger partial charge < -0.3 is 24.5 Å². The average Bonchev–Trinajstić information content (AvgIpc) is 3.27. The number of hydrogen-bond acceptors (Lipinski definition) is 6. The van der Waals surface area contributed by atoms with Crippen molar-refractivity contribution >= 4 is 22.7 Å². The third-order valence-electron chi connectivity index (χ3n) is 7.89. The first-order chi connectivity index (χ1) is 18.2. The maximum absolute atomic E-state index is 15.1. The summed E-state index contributed by atoms with van der Waals surface area (Å²) in [5.74, 6) is -2.94. The first-order valence-electron chi connectivity index (χ1n) is 12.4. The van der Waals surface area contributed by atoms with Crippen LogP contribution in [-0.4, -0.2) is 48.5 Å². The Kier molecular flexibility index (Phi) is 5.97. The van der Waals surface area contributed by atoms with Crippen molar-refractivity contribution in [2.75, 3.05) is 31.7 Å². The first kappa shape index (κ1) is 24.9.